The third kappa shape index (κ3) is 5.27. The van der Waals surface area contributed by atoms with Crippen LogP contribution in [-0.4, -0.2) is 43.5 Å². The lowest BCUT2D eigenvalue weighted by atomic mass is 10.3. The Morgan fingerprint density at radius 3 is 2.42 bits per heavy atom. The van der Waals surface area contributed by atoms with Crippen molar-refractivity contribution in [3.05, 3.63) is 0 Å². The molecule has 3 heteroatoms. The van der Waals surface area contributed by atoms with E-state index < -0.39 is 0 Å². The molecule has 0 fully saturated rings. The molecule has 0 saturated carbocycles. The first-order chi connectivity index (χ1) is 5.57. The predicted octanol–water partition coefficient (Wildman–Crippen LogP) is 0.932. The van der Waals surface area contributed by atoms with Crippen LogP contribution in [0, 0.1) is 0 Å². The lowest BCUT2D eigenvalue weighted by molar-refractivity contribution is -0.118. The minimum Gasteiger partial charge on any atom is -0.383 e. The Labute approximate surface area is 74.7 Å². The van der Waals surface area contributed by atoms with Gasteiger partial charge < -0.3 is 4.74 Å². The molecular weight excluding hydrogens is 154 g/mol. The van der Waals surface area contributed by atoms with Crippen LogP contribution in [0.3, 0.4) is 0 Å². The number of ketones is 1. The van der Waals surface area contributed by atoms with E-state index in [0.717, 1.165) is 6.54 Å². The van der Waals surface area contributed by atoms with Crippen LogP contribution in [0.15, 0.2) is 0 Å². The molecule has 0 aromatic rings. The molecule has 0 heterocycles. The predicted molar refractivity (Wildman–Crippen MR) is 49.3 cm³/mol. The van der Waals surface area contributed by atoms with Crippen molar-refractivity contribution in [2.24, 2.45) is 0 Å². The summed E-state index contributed by atoms with van der Waals surface area (Å²) in [5.74, 6) is 0.208. The number of methoxy groups -OCH3 is 1. The standard InChI is InChI=1S/C9H19NO2/c1-8(2)10(5-6-12-4)7-9(3)11/h8H,5-7H2,1-4H3. The summed E-state index contributed by atoms with van der Waals surface area (Å²) in [7, 11) is 1.67. The van der Waals surface area contributed by atoms with Crippen molar-refractivity contribution >= 4 is 5.78 Å². The lowest BCUT2D eigenvalue weighted by Crippen LogP contribution is -2.37. The van der Waals surface area contributed by atoms with Gasteiger partial charge in [0.1, 0.15) is 5.78 Å². The van der Waals surface area contributed by atoms with E-state index in [4.69, 9.17) is 4.74 Å². The summed E-state index contributed by atoms with van der Waals surface area (Å²) in [6, 6.07) is 0.407. The summed E-state index contributed by atoms with van der Waals surface area (Å²) in [4.78, 5) is 12.9. The average Bonchev–Trinajstić information content (AvgIpc) is 1.96. The van der Waals surface area contributed by atoms with Crippen LogP contribution >= 0.6 is 0 Å². The first-order valence-electron chi connectivity index (χ1n) is 4.30. The van der Waals surface area contributed by atoms with Crippen LogP contribution in [0.5, 0.6) is 0 Å². The fourth-order valence-electron chi connectivity index (χ4n) is 1.01. The van der Waals surface area contributed by atoms with Gasteiger partial charge in [0.15, 0.2) is 0 Å². The summed E-state index contributed by atoms with van der Waals surface area (Å²) in [6.45, 7) is 7.82. The monoisotopic (exact) mass is 173 g/mol. The maximum Gasteiger partial charge on any atom is 0.143 e. The number of Topliss-reactive ketones (excluding diaryl/α,β-unsaturated/α-hetero) is 1. The van der Waals surface area contributed by atoms with Gasteiger partial charge in [-0.05, 0) is 20.8 Å². The Bertz CT molecular complexity index is 134. The summed E-state index contributed by atoms with van der Waals surface area (Å²) >= 11 is 0. The average molecular weight is 173 g/mol. The van der Waals surface area contributed by atoms with Crippen LogP contribution in [0.4, 0.5) is 0 Å². The summed E-state index contributed by atoms with van der Waals surface area (Å²) in [5, 5.41) is 0. The minimum atomic E-state index is 0.208. The second kappa shape index (κ2) is 6.14. The molecule has 0 unspecified atom stereocenters. The quantitative estimate of drug-likeness (QED) is 0.598. The third-order valence-corrected chi connectivity index (χ3v) is 1.74. The second-order valence-electron chi connectivity index (χ2n) is 3.26. The molecule has 0 aromatic carbocycles. The highest BCUT2D eigenvalue weighted by Gasteiger charge is 2.10. The van der Waals surface area contributed by atoms with E-state index in [1.165, 1.54) is 0 Å². The van der Waals surface area contributed by atoms with E-state index >= 15 is 0 Å². The second-order valence-corrected chi connectivity index (χ2v) is 3.26. The normalized spacial score (nSPS) is 11.2. The van der Waals surface area contributed by atoms with E-state index in [2.05, 4.69) is 18.7 Å². The Hall–Kier alpha value is -0.410. The minimum absolute atomic E-state index is 0.208. The maximum atomic E-state index is 10.8. The number of nitrogens with zero attached hydrogens (tertiary/aromatic N) is 1. The largest absolute Gasteiger partial charge is 0.383 e. The summed E-state index contributed by atoms with van der Waals surface area (Å²) in [6.07, 6.45) is 0. The van der Waals surface area contributed by atoms with Crippen molar-refractivity contribution in [2.75, 3.05) is 26.8 Å². The molecule has 0 atom stereocenters. The van der Waals surface area contributed by atoms with Crippen LogP contribution in [0.2, 0.25) is 0 Å². The van der Waals surface area contributed by atoms with Gasteiger partial charge in [-0.1, -0.05) is 0 Å². The fourth-order valence-corrected chi connectivity index (χ4v) is 1.01. The van der Waals surface area contributed by atoms with Gasteiger partial charge in [0, 0.05) is 19.7 Å². The first kappa shape index (κ1) is 11.6. The molecular formula is C9H19NO2. The number of carbonyl (C=O) groups is 1. The van der Waals surface area contributed by atoms with Crippen molar-refractivity contribution in [3.63, 3.8) is 0 Å². The zero-order chi connectivity index (χ0) is 9.56. The zero-order valence-electron chi connectivity index (χ0n) is 8.46. The third-order valence-electron chi connectivity index (χ3n) is 1.74. The zero-order valence-corrected chi connectivity index (χ0v) is 8.46. The van der Waals surface area contributed by atoms with Crippen LogP contribution in [0.25, 0.3) is 0 Å². The number of ether oxygens (including phenoxy) is 1. The highest BCUT2D eigenvalue weighted by atomic mass is 16.5. The van der Waals surface area contributed by atoms with Gasteiger partial charge in [-0.3, -0.25) is 9.69 Å². The molecule has 0 rings (SSSR count). The van der Waals surface area contributed by atoms with E-state index in [0.29, 0.717) is 19.2 Å². The van der Waals surface area contributed by atoms with Crippen LogP contribution in [-0.2, 0) is 9.53 Å². The maximum absolute atomic E-state index is 10.8. The molecule has 0 aromatic heterocycles. The highest BCUT2D eigenvalue weighted by molar-refractivity contribution is 5.77. The highest BCUT2D eigenvalue weighted by Crippen LogP contribution is 1.97. The van der Waals surface area contributed by atoms with Gasteiger partial charge in [0.05, 0.1) is 13.2 Å². The van der Waals surface area contributed by atoms with E-state index in [1.54, 1.807) is 14.0 Å². The fraction of sp³-hybridized carbons (Fsp3) is 0.889. The molecule has 0 aliphatic heterocycles. The van der Waals surface area contributed by atoms with Gasteiger partial charge in [-0.15, -0.1) is 0 Å². The molecule has 0 spiro atoms. The number of hydrogen-bond donors (Lipinski definition) is 0. The van der Waals surface area contributed by atoms with Crippen molar-refractivity contribution in [2.45, 2.75) is 26.8 Å². The molecule has 72 valence electrons. The van der Waals surface area contributed by atoms with E-state index in [9.17, 15) is 4.79 Å². The molecule has 0 aliphatic carbocycles. The first-order valence-corrected chi connectivity index (χ1v) is 4.30. The van der Waals surface area contributed by atoms with Crippen LogP contribution < -0.4 is 0 Å². The van der Waals surface area contributed by atoms with Gasteiger partial charge in [-0.25, -0.2) is 0 Å². The molecule has 0 bridgehead atoms. The molecule has 0 aliphatic rings. The Morgan fingerprint density at radius 1 is 1.50 bits per heavy atom. The summed E-state index contributed by atoms with van der Waals surface area (Å²) in [5.41, 5.74) is 0. The Morgan fingerprint density at radius 2 is 2.08 bits per heavy atom. The Balaban J connectivity index is 3.78. The van der Waals surface area contributed by atoms with Crippen molar-refractivity contribution < 1.29 is 9.53 Å². The Kier molecular flexibility index (Phi) is 5.93. The van der Waals surface area contributed by atoms with Crippen molar-refractivity contribution in [3.8, 4) is 0 Å². The molecule has 0 saturated heterocycles. The number of carbonyl (C=O) groups excluding carboxylic acids is 1. The molecule has 0 N–H and O–H groups in total. The number of hydrogen-bond acceptors (Lipinski definition) is 3. The van der Waals surface area contributed by atoms with E-state index in [-0.39, 0.29) is 5.78 Å². The number of rotatable bonds is 6. The smallest absolute Gasteiger partial charge is 0.143 e. The van der Waals surface area contributed by atoms with Gasteiger partial charge in [0.25, 0.3) is 0 Å². The van der Waals surface area contributed by atoms with Gasteiger partial charge in [0.2, 0.25) is 0 Å². The van der Waals surface area contributed by atoms with E-state index in [1.807, 2.05) is 0 Å². The lowest BCUT2D eigenvalue weighted by Gasteiger charge is -2.24. The van der Waals surface area contributed by atoms with Gasteiger partial charge in [-0.2, -0.15) is 0 Å². The SMILES string of the molecule is COCCN(CC(C)=O)C(C)C. The van der Waals surface area contributed by atoms with Crippen molar-refractivity contribution in [1.82, 2.24) is 4.90 Å². The van der Waals surface area contributed by atoms with Gasteiger partial charge >= 0.3 is 0 Å². The molecule has 0 radical (unpaired) electrons. The topological polar surface area (TPSA) is 29.5 Å². The molecule has 0 amide bonds. The van der Waals surface area contributed by atoms with Crippen molar-refractivity contribution in [1.29, 1.82) is 0 Å². The summed E-state index contributed by atoms with van der Waals surface area (Å²) < 4.78 is 4.95. The van der Waals surface area contributed by atoms with Crippen LogP contribution in [0.1, 0.15) is 20.8 Å². The molecule has 12 heavy (non-hydrogen) atoms. The molecule has 3 nitrogen and oxygen atoms in total.